The predicted molar refractivity (Wildman–Crippen MR) is 98.9 cm³/mol. The number of nitrogens with one attached hydrogen (secondary N) is 1. The molecule has 0 unspecified atom stereocenters. The van der Waals surface area contributed by atoms with Gasteiger partial charge in [-0.1, -0.05) is 12.1 Å². The van der Waals surface area contributed by atoms with Crippen molar-refractivity contribution in [3.05, 3.63) is 35.5 Å². The van der Waals surface area contributed by atoms with Crippen molar-refractivity contribution < 1.29 is 9.84 Å². The minimum Gasteiger partial charge on any atom is -0.497 e. The Morgan fingerprint density at radius 2 is 1.92 bits per heavy atom. The summed E-state index contributed by atoms with van der Waals surface area (Å²) in [7, 11) is 1.66. The smallest absolute Gasteiger partial charge is 0.139 e. The van der Waals surface area contributed by atoms with Crippen LogP contribution in [0, 0.1) is 6.92 Å². The number of benzene rings is 1. The Kier molecular flexibility index (Phi) is 4.43. The summed E-state index contributed by atoms with van der Waals surface area (Å²) < 4.78 is 5.25. The van der Waals surface area contributed by atoms with E-state index in [9.17, 15) is 5.11 Å². The first-order valence-electron chi connectivity index (χ1n) is 7.73. The number of fused-ring (bicyclic) bond motifs is 1. The Hall–Kier alpha value is -2.18. The van der Waals surface area contributed by atoms with Gasteiger partial charge in [0.2, 0.25) is 0 Å². The number of nitrogens with zero attached hydrogens (tertiary/aromatic N) is 2. The average molecular weight is 343 g/mol. The molecule has 2 aromatic heterocycles. The predicted octanol–water partition coefficient (Wildman–Crippen LogP) is 3.86. The largest absolute Gasteiger partial charge is 0.497 e. The maximum Gasteiger partial charge on any atom is 0.139 e. The fourth-order valence-electron chi connectivity index (χ4n) is 2.60. The van der Waals surface area contributed by atoms with Gasteiger partial charge in [-0.05, 0) is 38.5 Å². The molecule has 0 saturated heterocycles. The number of thiophene rings is 1. The summed E-state index contributed by atoms with van der Waals surface area (Å²) in [5.74, 6) is 1.57. The highest BCUT2D eigenvalue weighted by atomic mass is 32.1. The number of ether oxygens (including phenoxy) is 1. The minimum atomic E-state index is -0.464. The van der Waals surface area contributed by atoms with Gasteiger partial charge in [-0.3, -0.25) is 0 Å². The molecule has 0 saturated carbocycles. The monoisotopic (exact) mass is 343 g/mol. The van der Waals surface area contributed by atoms with Crippen LogP contribution in [0.15, 0.2) is 30.6 Å². The lowest BCUT2D eigenvalue weighted by Crippen LogP contribution is -2.35. The second-order valence-electron chi connectivity index (χ2n) is 6.33. The van der Waals surface area contributed by atoms with E-state index >= 15 is 0 Å². The third-order valence-corrected chi connectivity index (χ3v) is 4.91. The lowest BCUT2D eigenvalue weighted by molar-refractivity contribution is 0.234. The molecule has 0 spiro atoms. The van der Waals surface area contributed by atoms with Gasteiger partial charge in [-0.2, -0.15) is 0 Å². The van der Waals surface area contributed by atoms with Gasteiger partial charge in [-0.25, -0.2) is 9.97 Å². The summed E-state index contributed by atoms with van der Waals surface area (Å²) in [6.45, 7) is 5.98. The zero-order valence-electron chi connectivity index (χ0n) is 14.3. The molecule has 5 nitrogen and oxygen atoms in total. The minimum absolute atomic E-state index is 0.0134. The molecule has 1 aromatic carbocycles. The number of aryl methyl sites for hydroxylation is 1. The molecule has 0 aliphatic rings. The molecular weight excluding hydrogens is 322 g/mol. The fourth-order valence-corrected chi connectivity index (χ4v) is 3.62. The molecular formula is C18H21N3O2S. The molecule has 126 valence electrons. The summed E-state index contributed by atoms with van der Waals surface area (Å²) in [6.07, 6.45) is 1.56. The second-order valence-corrected chi connectivity index (χ2v) is 7.53. The van der Waals surface area contributed by atoms with Crippen LogP contribution in [0.4, 0.5) is 5.82 Å². The first-order valence-corrected chi connectivity index (χ1v) is 8.54. The van der Waals surface area contributed by atoms with Crippen LogP contribution in [0.2, 0.25) is 0 Å². The zero-order valence-corrected chi connectivity index (χ0v) is 15.1. The third kappa shape index (κ3) is 3.07. The molecule has 3 aromatic rings. The van der Waals surface area contributed by atoms with E-state index in [-0.39, 0.29) is 6.61 Å². The van der Waals surface area contributed by atoms with Gasteiger partial charge >= 0.3 is 0 Å². The highest BCUT2D eigenvalue weighted by molar-refractivity contribution is 7.19. The van der Waals surface area contributed by atoms with Crippen LogP contribution < -0.4 is 10.1 Å². The van der Waals surface area contributed by atoms with Crippen molar-refractivity contribution in [3.63, 3.8) is 0 Å². The number of aliphatic hydroxyl groups excluding tert-OH is 1. The van der Waals surface area contributed by atoms with Crippen molar-refractivity contribution in [2.24, 2.45) is 0 Å². The van der Waals surface area contributed by atoms with Crippen LogP contribution in [-0.2, 0) is 0 Å². The number of methoxy groups -OCH3 is 1. The summed E-state index contributed by atoms with van der Waals surface area (Å²) in [5.41, 5.74) is 1.75. The van der Waals surface area contributed by atoms with Crippen LogP contribution in [0.5, 0.6) is 5.75 Å². The van der Waals surface area contributed by atoms with Crippen molar-refractivity contribution in [2.45, 2.75) is 26.3 Å². The number of hydrogen-bond acceptors (Lipinski definition) is 6. The molecule has 0 atom stereocenters. The number of aromatic nitrogens is 2. The average Bonchev–Trinajstić information content (AvgIpc) is 2.92. The van der Waals surface area contributed by atoms with Gasteiger partial charge in [0.25, 0.3) is 0 Å². The molecule has 3 rings (SSSR count). The van der Waals surface area contributed by atoms with E-state index in [0.717, 1.165) is 32.9 Å². The normalized spacial score (nSPS) is 11.7. The van der Waals surface area contributed by atoms with Crippen molar-refractivity contribution in [1.29, 1.82) is 0 Å². The summed E-state index contributed by atoms with van der Waals surface area (Å²) in [6, 6.07) is 7.99. The van der Waals surface area contributed by atoms with Crippen molar-refractivity contribution in [1.82, 2.24) is 9.97 Å². The van der Waals surface area contributed by atoms with Crippen molar-refractivity contribution in [2.75, 3.05) is 19.0 Å². The van der Waals surface area contributed by atoms with E-state index in [1.807, 2.05) is 38.1 Å². The van der Waals surface area contributed by atoms with Crippen LogP contribution in [-0.4, -0.2) is 34.3 Å². The van der Waals surface area contributed by atoms with Gasteiger partial charge in [0.15, 0.2) is 0 Å². The lowest BCUT2D eigenvalue weighted by Gasteiger charge is -2.24. The molecule has 0 amide bonds. The van der Waals surface area contributed by atoms with E-state index in [1.54, 1.807) is 24.8 Å². The van der Waals surface area contributed by atoms with Gasteiger partial charge in [-0.15, -0.1) is 11.3 Å². The van der Waals surface area contributed by atoms with Crippen LogP contribution >= 0.6 is 11.3 Å². The maximum atomic E-state index is 9.56. The van der Waals surface area contributed by atoms with E-state index in [2.05, 4.69) is 22.2 Å². The molecule has 2 N–H and O–H groups in total. The number of hydrogen-bond donors (Lipinski definition) is 2. The number of aliphatic hydroxyl groups is 1. The second kappa shape index (κ2) is 6.37. The molecule has 24 heavy (non-hydrogen) atoms. The van der Waals surface area contributed by atoms with E-state index in [4.69, 9.17) is 4.74 Å². The van der Waals surface area contributed by atoms with Crippen LogP contribution in [0.1, 0.15) is 18.7 Å². The third-order valence-electron chi connectivity index (χ3n) is 3.90. The van der Waals surface area contributed by atoms with E-state index < -0.39 is 5.54 Å². The van der Waals surface area contributed by atoms with Gasteiger partial charge < -0.3 is 15.2 Å². The standard InChI is InChI=1S/C18H21N3O2S/c1-11-14(12-5-7-13(23-4)8-6-12)15-16(21-18(2,3)9-22)19-10-20-17(15)24-11/h5-8,10,22H,9H2,1-4H3,(H,19,20,21). The molecule has 2 heterocycles. The van der Waals surface area contributed by atoms with Crippen LogP contribution in [0.3, 0.4) is 0 Å². The molecule has 0 radical (unpaired) electrons. The first kappa shape index (κ1) is 16.7. The highest BCUT2D eigenvalue weighted by Gasteiger charge is 2.22. The molecule has 0 aliphatic heterocycles. The Labute approximate surface area is 145 Å². The highest BCUT2D eigenvalue weighted by Crippen LogP contribution is 2.41. The summed E-state index contributed by atoms with van der Waals surface area (Å²) in [5, 5.41) is 13.9. The topological polar surface area (TPSA) is 67.3 Å². The SMILES string of the molecule is COc1ccc(-c2c(C)sc3ncnc(NC(C)(C)CO)c23)cc1. The van der Waals surface area contributed by atoms with Crippen molar-refractivity contribution in [3.8, 4) is 16.9 Å². The van der Waals surface area contributed by atoms with Gasteiger partial charge in [0.1, 0.15) is 22.7 Å². The van der Waals surface area contributed by atoms with Gasteiger partial charge in [0.05, 0.1) is 24.6 Å². The number of anilines is 1. The van der Waals surface area contributed by atoms with Gasteiger partial charge in [0, 0.05) is 10.4 Å². The Morgan fingerprint density at radius 3 is 2.54 bits per heavy atom. The Balaban J connectivity index is 2.18. The Bertz CT molecular complexity index is 857. The summed E-state index contributed by atoms with van der Waals surface area (Å²) in [4.78, 5) is 11.0. The van der Waals surface area contributed by atoms with Crippen LogP contribution in [0.25, 0.3) is 21.3 Å². The van der Waals surface area contributed by atoms with Crippen molar-refractivity contribution >= 4 is 27.4 Å². The molecule has 6 heteroatoms. The lowest BCUT2D eigenvalue weighted by atomic mass is 10.0. The quantitative estimate of drug-likeness (QED) is 0.736. The fraction of sp³-hybridized carbons (Fsp3) is 0.333. The summed E-state index contributed by atoms with van der Waals surface area (Å²) >= 11 is 1.65. The van der Waals surface area contributed by atoms with E-state index in [0.29, 0.717) is 0 Å². The Morgan fingerprint density at radius 1 is 1.21 bits per heavy atom. The van der Waals surface area contributed by atoms with E-state index in [1.165, 1.54) is 4.88 Å². The molecule has 0 bridgehead atoms. The molecule has 0 fully saturated rings. The zero-order chi connectivity index (χ0) is 17.3. The first-order chi connectivity index (χ1) is 11.4. The number of rotatable bonds is 5. The maximum absolute atomic E-state index is 9.56. The molecule has 0 aliphatic carbocycles.